The van der Waals surface area contributed by atoms with Gasteiger partial charge in [-0.15, -0.1) is 0 Å². The minimum atomic E-state index is -0.532. The molecule has 0 aliphatic heterocycles. The predicted octanol–water partition coefficient (Wildman–Crippen LogP) is 3.33. The van der Waals surface area contributed by atoms with Gasteiger partial charge in [0, 0.05) is 22.7 Å². The highest BCUT2D eigenvalue weighted by Crippen LogP contribution is 2.41. The van der Waals surface area contributed by atoms with Crippen LogP contribution < -0.4 is 11.5 Å². The number of rotatable bonds is 3. The van der Waals surface area contributed by atoms with Crippen molar-refractivity contribution in [1.82, 2.24) is 4.98 Å². The summed E-state index contributed by atoms with van der Waals surface area (Å²) >= 11 is 0. The van der Waals surface area contributed by atoms with Gasteiger partial charge in [0.25, 0.3) is 5.91 Å². The molecule has 0 saturated heterocycles. The van der Waals surface area contributed by atoms with Gasteiger partial charge in [-0.3, -0.25) is 9.78 Å². The lowest BCUT2D eigenvalue weighted by atomic mass is 9.96. The van der Waals surface area contributed by atoms with Crippen LogP contribution in [0.25, 0.3) is 21.9 Å². The fourth-order valence-corrected chi connectivity index (χ4v) is 3.09. The number of hydrogen-bond acceptors (Lipinski definition) is 2. The second-order valence-electron chi connectivity index (χ2n) is 6.45. The minimum absolute atomic E-state index is 0.294. The van der Waals surface area contributed by atoms with Crippen LogP contribution in [0.5, 0.6) is 0 Å². The van der Waals surface area contributed by atoms with E-state index in [1.807, 2.05) is 24.3 Å². The highest BCUT2D eigenvalue weighted by atomic mass is 19.1. The van der Waals surface area contributed by atoms with Crippen molar-refractivity contribution in [3.63, 3.8) is 0 Å². The number of aromatic nitrogens is 1. The average Bonchev–Trinajstić information content (AvgIpc) is 3.46. The second kappa shape index (κ2) is 6.22. The monoisotopic (exact) mass is 348 g/mol. The normalized spacial score (nSPS) is 13.6. The van der Waals surface area contributed by atoms with Crippen molar-refractivity contribution in [3.05, 3.63) is 65.7 Å². The lowest BCUT2D eigenvalue weighted by Crippen LogP contribution is -2.24. The van der Waals surface area contributed by atoms with Crippen LogP contribution in [0.15, 0.2) is 53.7 Å². The smallest absolute Gasteiger partial charge is 0.280 e. The van der Waals surface area contributed by atoms with Crippen LogP contribution >= 0.6 is 0 Å². The maximum absolute atomic E-state index is 14.5. The molecule has 0 bridgehead atoms. The van der Waals surface area contributed by atoms with Crippen molar-refractivity contribution in [1.29, 1.82) is 0 Å². The van der Waals surface area contributed by atoms with E-state index >= 15 is 0 Å². The molecular formula is C20H17FN4O. The van der Waals surface area contributed by atoms with Gasteiger partial charge in [-0.05, 0) is 47.4 Å². The number of benzene rings is 2. The molecular weight excluding hydrogens is 331 g/mol. The van der Waals surface area contributed by atoms with Gasteiger partial charge in [-0.1, -0.05) is 24.3 Å². The molecule has 5 nitrogen and oxygen atoms in total. The molecule has 2 aromatic carbocycles. The van der Waals surface area contributed by atoms with Crippen LogP contribution in [0, 0.1) is 5.82 Å². The number of hydrogen-bond donors (Lipinski definition) is 2. The third-order valence-electron chi connectivity index (χ3n) is 4.52. The van der Waals surface area contributed by atoms with Gasteiger partial charge in [-0.25, -0.2) is 4.39 Å². The number of nitrogens with two attached hydrogens (primary N) is 2. The van der Waals surface area contributed by atoms with Gasteiger partial charge in [0.05, 0.1) is 6.20 Å². The van der Waals surface area contributed by atoms with Crippen LogP contribution in [-0.2, 0) is 0 Å². The van der Waals surface area contributed by atoms with Gasteiger partial charge in [0.15, 0.2) is 5.96 Å². The summed E-state index contributed by atoms with van der Waals surface area (Å²) in [5.74, 6) is -0.792. The van der Waals surface area contributed by atoms with E-state index in [1.54, 1.807) is 18.2 Å². The first-order valence-electron chi connectivity index (χ1n) is 8.35. The predicted molar refractivity (Wildman–Crippen MR) is 99.3 cm³/mol. The van der Waals surface area contributed by atoms with E-state index < -0.39 is 5.91 Å². The molecule has 1 saturated carbocycles. The van der Waals surface area contributed by atoms with Gasteiger partial charge in [0.2, 0.25) is 0 Å². The summed E-state index contributed by atoms with van der Waals surface area (Å²) in [4.78, 5) is 19.9. The molecule has 1 amide bonds. The largest absolute Gasteiger partial charge is 0.370 e. The lowest BCUT2D eigenvalue weighted by Gasteiger charge is -2.10. The summed E-state index contributed by atoms with van der Waals surface area (Å²) in [6.45, 7) is 0. The fourth-order valence-electron chi connectivity index (χ4n) is 3.09. The zero-order valence-electron chi connectivity index (χ0n) is 13.9. The van der Waals surface area contributed by atoms with Crippen LogP contribution in [0.3, 0.4) is 0 Å². The molecule has 1 heterocycles. The number of carbonyl (C=O) groups excluding carboxylic acids is 1. The van der Waals surface area contributed by atoms with E-state index in [2.05, 4.69) is 9.98 Å². The Labute approximate surface area is 149 Å². The number of pyridine rings is 1. The molecule has 4 rings (SSSR count). The van der Waals surface area contributed by atoms with Gasteiger partial charge < -0.3 is 11.5 Å². The molecule has 1 fully saturated rings. The Kier molecular flexibility index (Phi) is 3.88. The van der Waals surface area contributed by atoms with Gasteiger partial charge in [0.1, 0.15) is 5.82 Å². The Morgan fingerprint density at radius 1 is 1.12 bits per heavy atom. The molecule has 0 unspecified atom stereocenters. The van der Waals surface area contributed by atoms with E-state index in [4.69, 9.17) is 11.5 Å². The molecule has 1 aliphatic carbocycles. The molecule has 0 radical (unpaired) electrons. The van der Waals surface area contributed by atoms with E-state index in [-0.39, 0.29) is 11.8 Å². The van der Waals surface area contributed by atoms with Crippen LogP contribution in [-0.4, -0.2) is 16.9 Å². The first kappa shape index (κ1) is 16.2. The highest BCUT2D eigenvalue weighted by Gasteiger charge is 2.26. The number of amides is 1. The molecule has 26 heavy (non-hydrogen) atoms. The number of halogens is 1. The van der Waals surface area contributed by atoms with Gasteiger partial charge >= 0.3 is 0 Å². The van der Waals surface area contributed by atoms with Crippen molar-refractivity contribution in [2.24, 2.45) is 16.5 Å². The topological polar surface area (TPSA) is 94.4 Å². The maximum Gasteiger partial charge on any atom is 0.280 e. The van der Waals surface area contributed by atoms with Gasteiger partial charge in [-0.2, -0.15) is 4.99 Å². The standard InChI is InChI=1S/C20H17FN4O/c21-17-10-24-18(12-5-6-12)9-16(17)14-3-1-2-11-4-7-13(8-15(11)14)19(26)25-20(22)23/h1-4,7-10,12H,5-6H2,(H4,22,23,25,26). The molecule has 1 aliphatic rings. The number of nitrogens with zero attached hydrogens (tertiary/aromatic N) is 2. The first-order valence-corrected chi connectivity index (χ1v) is 8.35. The van der Waals surface area contributed by atoms with E-state index in [0.717, 1.165) is 29.3 Å². The lowest BCUT2D eigenvalue weighted by molar-refractivity contribution is 0.100. The quantitative estimate of drug-likeness (QED) is 0.561. The summed E-state index contributed by atoms with van der Waals surface area (Å²) in [7, 11) is 0. The molecule has 0 spiro atoms. The summed E-state index contributed by atoms with van der Waals surface area (Å²) < 4.78 is 14.5. The molecule has 1 aromatic heterocycles. The average molecular weight is 348 g/mol. The SMILES string of the molecule is NC(N)=NC(=O)c1ccc2cccc(-c3cc(C4CC4)ncc3F)c2c1. The maximum atomic E-state index is 14.5. The highest BCUT2D eigenvalue weighted by molar-refractivity contribution is 6.06. The molecule has 0 atom stereocenters. The molecule has 4 N–H and O–H groups in total. The summed E-state index contributed by atoms with van der Waals surface area (Å²) in [5.41, 5.74) is 13.0. The molecule has 130 valence electrons. The van der Waals surface area contributed by atoms with Crippen molar-refractivity contribution < 1.29 is 9.18 Å². The number of aliphatic imine (C=N–C) groups is 1. The van der Waals surface area contributed by atoms with Crippen molar-refractivity contribution >= 4 is 22.6 Å². The zero-order valence-corrected chi connectivity index (χ0v) is 13.9. The number of fused-ring (bicyclic) bond motifs is 1. The first-order chi connectivity index (χ1) is 12.5. The van der Waals surface area contributed by atoms with Crippen molar-refractivity contribution in [3.8, 4) is 11.1 Å². The van der Waals surface area contributed by atoms with E-state index in [1.165, 1.54) is 6.20 Å². The summed E-state index contributed by atoms with van der Waals surface area (Å²) in [5, 5.41) is 1.66. The zero-order chi connectivity index (χ0) is 18.3. The van der Waals surface area contributed by atoms with E-state index in [0.29, 0.717) is 22.6 Å². The van der Waals surface area contributed by atoms with Crippen LogP contribution in [0.4, 0.5) is 4.39 Å². The number of guanidine groups is 1. The second-order valence-corrected chi connectivity index (χ2v) is 6.45. The molecule has 6 heteroatoms. The Balaban J connectivity index is 1.89. The third kappa shape index (κ3) is 3.01. The van der Waals surface area contributed by atoms with Crippen LogP contribution in [0.2, 0.25) is 0 Å². The van der Waals surface area contributed by atoms with Crippen molar-refractivity contribution in [2.75, 3.05) is 0 Å². The van der Waals surface area contributed by atoms with E-state index in [9.17, 15) is 9.18 Å². The third-order valence-corrected chi connectivity index (χ3v) is 4.52. The summed E-state index contributed by atoms with van der Waals surface area (Å²) in [6, 6.07) is 12.6. The fraction of sp³-hybridized carbons (Fsp3) is 0.150. The van der Waals surface area contributed by atoms with Crippen molar-refractivity contribution in [2.45, 2.75) is 18.8 Å². The Morgan fingerprint density at radius 3 is 2.65 bits per heavy atom. The number of carbonyl (C=O) groups is 1. The van der Waals surface area contributed by atoms with Crippen LogP contribution in [0.1, 0.15) is 34.8 Å². The Bertz CT molecular complexity index is 1050. The summed E-state index contributed by atoms with van der Waals surface area (Å²) in [6.07, 6.45) is 3.45. The Morgan fingerprint density at radius 2 is 1.92 bits per heavy atom. The minimum Gasteiger partial charge on any atom is -0.370 e. The molecule has 3 aromatic rings. The Hall–Kier alpha value is -3.28.